The Morgan fingerprint density at radius 1 is 1.15 bits per heavy atom. The zero-order valence-electron chi connectivity index (χ0n) is 13.7. The fraction of sp³-hybridized carbons (Fsp3) is 0.222. The standard InChI is InChI=1S/C18H16ClN3O3S/c19-17-4-1-13(10-21-17)22-18-16-3-2-14(9-12(16)5-7-20-18)25-15-6-8-26(23,24)11-15/h1-5,7,9-10,15H,6,8,11H2,(H,20,22). The van der Waals surface area contributed by atoms with Gasteiger partial charge in [0.25, 0.3) is 0 Å². The van der Waals surface area contributed by atoms with Gasteiger partial charge in [-0.3, -0.25) is 0 Å². The molecular formula is C18H16ClN3O3S. The molecule has 0 spiro atoms. The van der Waals surface area contributed by atoms with E-state index in [-0.39, 0.29) is 17.6 Å². The quantitative estimate of drug-likeness (QED) is 0.687. The van der Waals surface area contributed by atoms with Gasteiger partial charge in [-0.2, -0.15) is 0 Å². The maximum absolute atomic E-state index is 11.6. The van der Waals surface area contributed by atoms with Crippen LogP contribution in [-0.2, 0) is 9.84 Å². The van der Waals surface area contributed by atoms with Crippen molar-refractivity contribution in [2.24, 2.45) is 0 Å². The average Bonchev–Trinajstić information content (AvgIpc) is 2.95. The van der Waals surface area contributed by atoms with Gasteiger partial charge in [0, 0.05) is 11.6 Å². The molecule has 1 fully saturated rings. The van der Waals surface area contributed by atoms with Crippen molar-refractivity contribution in [3.8, 4) is 5.75 Å². The third-order valence-corrected chi connectivity index (χ3v) is 6.18. The maximum Gasteiger partial charge on any atom is 0.154 e. The predicted molar refractivity (Wildman–Crippen MR) is 102 cm³/mol. The molecule has 3 heterocycles. The molecule has 1 saturated heterocycles. The topological polar surface area (TPSA) is 81.2 Å². The number of pyridine rings is 2. The van der Waals surface area contributed by atoms with E-state index in [9.17, 15) is 8.42 Å². The molecule has 1 aliphatic rings. The lowest BCUT2D eigenvalue weighted by Gasteiger charge is -2.14. The van der Waals surface area contributed by atoms with Crippen LogP contribution in [0.3, 0.4) is 0 Å². The van der Waals surface area contributed by atoms with Crippen LogP contribution in [0, 0.1) is 0 Å². The molecule has 26 heavy (non-hydrogen) atoms. The van der Waals surface area contributed by atoms with E-state index in [4.69, 9.17) is 16.3 Å². The highest BCUT2D eigenvalue weighted by Gasteiger charge is 2.29. The third kappa shape index (κ3) is 3.73. The molecule has 1 aromatic carbocycles. The molecule has 0 aliphatic carbocycles. The first-order valence-electron chi connectivity index (χ1n) is 8.13. The molecule has 1 atom stereocenters. The zero-order valence-corrected chi connectivity index (χ0v) is 15.3. The number of ether oxygens (including phenoxy) is 1. The van der Waals surface area contributed by atoms with Crippen LogP contribution in [0.2, 0.25) is 5.15 Å². The van der Waals surface area contributed by atoms with Crippen LogP contribution in [0.25, 0.3) is 10.8 Å². The molecule has 1 unspecified atom stereocenters. The van der Waals surface area contributed by atoms with Crippen molar-refractivity contribution in [2.45, 2.75) is 12.5 Å². The summed E-state index contributed by atoms with van der Waals surface area (Å²) in [6.45, 7) is 0. The van der Waals surface area contributed by atoms with E-state index in [1.165, 1.54) is 0 Å². The molecule has 134 valence electrons. The molecule has 2 aromatic heterocycles. The number of anilines is 2. The second-order valence-corrected chi connectivity index (χ2v) is 8.80. The number of aromatic nitrogens is 2. The van der Waals surface area contributed by atoms with Gasteiger partial charge in [-0.1, -0.05) is 11.6 Å². The monoisotopic (exact) mass is 389 g/mol. The van der Waals surface area contributed by atoms with Crippen molar-refractivity contribution in [3.63, 3.8) is 0 Å². The minimum absolute atomic E-state index is 0.0811. The fourth-order valence-electron chi connectivity index (χ4n) is 2.96. The zero-order chi connectivity index (χ0) is 18.1. The number of hydrogen-bond donors (Lipinski definition) is 1. The fourth-order valence-corrected chi connectivity index (χ4v) is 4.66. The summed E-state index contributed by atoms with van der Waals surface area (Å²) in [4.78, 5) is 8.43. The van der Waals surface area contributed by atoms with Crippen molar-refractivity contribution in [2.75, 3.05) is 16.8 Å². The Bertz CT molecular complexity index is 1050. The first-order valence-corrected chi connectivity index (χ1v) is 10.3. The second kappa shape index (κ2) is 6.74. The van der Waals surface area contributed by atoms with Crippen LogP contribution in [0.15, 0.2) is 48.8 Å². The number of sulfone groups is 1. The van der Waals surface area contributed by atoms with Gasteiger partial charge in [0.2, 0.25) is 0 Å². The summed E-state index contributed by atoms with van der Waals surface area (Å²) in [5.74, 6) is 1.63. The lowest BCUT2D eigenvalue weighted by Crippen LogP contribution is -2.17. The molecule has 0 bridgehead atoms. The number of hydrogen-bond acceptors (Lipinski definition) is 6. The number of rotatable bonds is 4. The first kappa shape index (κ1) is 17.1. The Morgan fingerprint density at radius 3 is 2.77 bits per heavy atom. The minimum Gasteiger partial charge on any atom is -0.489 e. The van der Waals surface area contributed by atoms with E-state index in [0.29, 0.717) is 23.1 Å². The predicted octanol–water partition coefficient (Wildman–Crippen LogP) is 3.59. The molecule has 1 aliphatic heterocycles. The molecule has 0 radical (unpaired) electrons. The molecule has 0 amide bonds. The molecule has 0 saturated carbocycles. The van der Waals surface area contributed by atoms with Crippen LogP contribution in [0.1, 0.15) is 6.42 Å². The number of halogens is 1. The minimum atomic E-state index is -2.96. The summed E-state index contributed by atoms with van der Waals surface area (Å²) in [6.07, 6.45) is 3.60. The van der Waals surface area contributed by atoms with Crippen molar-refractivity contribution < 1.29 is 13.2 Å². The van der Waals surface area contributed by atoms with Crippen molar-refractivity contribution in [1.29, 1.82) is 0 Å². The average molecular weight is 390 g/mol. The lowest BCUT2D eigenvalue weighted by molar-refractivity contribution is 0.229. The molecule has 6 nitrogen and oxygen atoms in total. The van der Waals surface area contributed by atoms with Gasteiger partial charge in [0.15, 0.2) is 9.84 Å². The summed E-state index contributed by atoms with van der Waals surface area (Å²) < 4.78 is 29.0. The Morgan fingerprint density at radius 2 is 2.04 bits per heavy atom. The highest BCUT2D eigenvalue weighted by Crippen LogP contribution is 2.29. The van der Waals surface area contributed by atoms with Crippen molar-refractivity contribution in [1.82, 2.24) is 9.97 Å². The first-order chi connectivity index (χ1) is 12.5. The Labute approximate surface area is 156 Å². The van der Waals surface area contributed by atoms with Gasteiger partial charge in [-0.05, 0) is 48.2 Å². The van der Waals surface area contributed by atoms with Crippen LogP contribution in [0.4, 0.5) is 11.5 Å². The van der Waals surface area contributed by atoms with Gasteiger partial charge in [-0.25, -0.2) is 18.4 Å². The van der Waals surface area contributed by atoms with Crippen LogP contribution in [0.5, 0.6) is 5.75 Å². The smallest absolute Gasteiger partial charge is 0.154 e. The highest BCUT2D eigenvalue weighted by atomic mass is 35.5. The molecule has 1 N–H and O–H groups in total. The summed E-state index contributed by atoms with van der Waals surface area (Å²) in [5, 5.41) is 5.52. The molecule has 3 aromatic rings. The van der Waals surface area contributed by atoms with Gasteiger partial charge in [0.1, 0.15) is 22.8 Å². The van der Waals surface area contributed by atoms with Crippen LogP contribution < -0.4 is 10.1 Å². The lowest BCUT2D eigenvalue weighted by atomic mass is 10.1. The summed E-state index contributed by atoms with van der Waals surface area (Å²) in [6, 6.07) is 11.1. The SMILES string of the molecule is O=S1(=O)CCC(Oc2ccc3c(Nc4ccc(Cl)nc4)nccc3c2)C1. The van der Waals surface area contributed by atoms with E-state index < -0.39 is 9.84 Å². The Hall–Kier alpha value is -2.38. The summed E-state index contributed by atoms with van der Waals surface area (Å²) >= 11 is 5.81. The van der Waals surface area contributed by atoms with Crippen molar-refractivity contribution in [3.05, 3.63) is 53.9 Å². The number of benzene rings is 1. The Balaban J connectivity index is 1.58. The maximum atomic E-state index is 11.6. The molecule has 8 heteroatoms. The molecule has 4 rings (SSSR count). The normalized spacial score (nSPS) is 18.7. The van der Waals surface area contributed by atoms with Crippen LogP contribution >= 0.6 is 11.6 Å². The number of nitrogens with one attached hydrogen (secondary N) is 1. The summed E-state index contributed by atoms with van der Waals surface area (Å²) in [7, 11) is -2.96. The van der Waals surface area contributed by atoms with Crippen LogP contribution in [-0.4, -0.2) is 36.0 Å². The van der Waals surface area contributed by atoms with E-state index in [1.54, 1.807) is 18.5 Å². The largest absolute Gasteiger partial charge is 0.489 e. The summed E-state index contributed by atoms with van der Waals surface area (Å²) in [5.41, 5.74) is 0.783. The number of nitrogens with zero attached hydrogens (tertiary/aromatic N) is 2. The second-order valence-electron chi connectivity index (χ2n) is 6.18. The highest BCUT2D eigenvalue weighted by molar-refractivity contribution is 7.91. The third-order valence-electron chi connectivity index (χ3n) is 4.22. The van der Waals surface area contributed by atoms with E-state index in [0.717, 1.165) is 16.5 Å². The van der Waals surface area contributed by atoms with Crippen molar-refractivity contribution >= 4 is 43.7 Å². The number of fused-ring (bicyclic) bond motifs is 1. The van der Waals surface area contributed by atoms with Gasteiger partial charge >= 0.3 is 0 Å². The Kier molecular flexibility index (Phi) is 4.42. The van der Waals surface area contributed by atoms with E-state index >= 15 is 0 Å². The van der Waals surface area contributed by atoms with Gasteiger partial charge in [0.05, 0.1) is 23.4 Å². The molecular weight excluding hydrogens is 374 g/mol. The van der Waals surface area contributed by atoms with E-state index in [1.807, 2.05) is 30.3 Å². The van der Waals surface area contributed by atoms with Gasteiger partial charge < -0.3 is 10.1 Å². The van der Waals surface area contributed by atoms with Gasteiger partial charge in [-0.15, -0.1) is 0 Å². The van der Waals surface area contributed by atoms with E-state index in [2.05, 4.69) is 15.3 Å².